The van der Waals surface area contributed by atoms with Crippen molar-refractivity contribution in [1.82, 2.24) is 4.31 Å². The van der Waals surface area contributed by atoms with E-state index in [4.69, 9.17) is 9.47 Å². The molecule has 0 spiro atoms. The molecular formula is C18H23NO6S. The Bertz CT molecular complexity index is 783. The Morgan fingerprint density at radius 3 is 2.12 bits per heavy atom. The second kappa shape index (κ2) is 7.90. The fourth-order valence-corrected chi connectivity index (χ4v) is 4.53. The minimum Gasteiger partial charge on any atom is -0.468 e. The van der Waals surface area contributed by atoms with Crippen molar-refractivity contribution in [2.45, 2.75) is 31.2 Å². The van der Waals surface area contributed by atoms with Gasteiger partial charge in [0, 0.05) is 18.2 Å². The van der Waals surface area contributed by atoms with Crippen LogP contribution in [-0.2, 0) is 29.1 Å². The van der Waals surface area contributed by atoms with E-state index >= 15 is 0 Å². The number of nitrogens with zero attached hydrogens (tertiary/aromatic N) is 1. The Hall–Kier alpha value is -2.35. The lowest BCUT2D eigenvalue weighted by atomic mass is 9.85. The predicted molar refractivity (Wildman–Crippen MR) is 94.4 cm³/mol. The van der Waals surface area contributed by atoms with Crippen LogP contribution in [0.2, 0.25) is 0 Å². The van der Waals surface area contributed by atoms with Gasteiger partial charge in [0.15, 0.2) is 5.92 Å². The summed E-state index contributed by atoms with van der Waals surface area (Å²) in [5.74, 6) is -3.02. The van der Waals surface area contributed by atoms with Gasteiger partial charge in [0.05, 0.1) is 19.1 Å². The van der Waals surface area contributed by atoms with Crippen LogP contribution in [0.1, 0.15) is 18.9 Å². The quantitative estimate of drug-likeness (QED) is 0.571. The zero-order chi connectivity index (χ0) is 19.5. The third-order valence-electron chi connectivity index (χ3n) is 4.46. The van der Waals surface area contributed by atoms with Crippen molar-refractivity contribution in [3.05, 3.63) is 42.1 Å². The monoisotopic (exact) mass is 381 g/mol. The number of sulfonamides is 1. The van der Waals surface area contributed by atoms with Crippen LogP contribution in [0.25, 0.3) is 0 Å². The van der Waals surface area contributed by atoms with Crippen LogP contribution in [0.15, 0.2) is 41.4 Å². The second-order valence-corrected chi connectivity index (χ2v) is 8.11. The average Bonchev–Trinajstić information content (AvgIpc) is 2.61. The van der Waals surface area contributed by atoms with Crippen molar-refractivity contribution in [1.29, 1.82) is 0 Å². The van der Waals surface area contributed by atoms with Crippen LogP contribution in [0, 0.1) is 18.8 Å². The van der Waals surface area contributed by atoms with Gasteiger partial charge in [-0.3, -0.25) is 13.9 Å². The van der Waals surface area contributed by atoms with Gasteiger partial charge in [0.25, 0.3) is 10.0 Å². The average molecular weight is 381 g/mol. The van der Waals surface area contributed by atoms with Crippen molar-refractivity contribution < 1.29 is 27.5 Å². The standard InChI is InChI=1S/C18H23NO6S/c1-12-5-7-15(8-6-12)26(22,23)19-10-9-14(11-13(19)2)16(17(20)24-3)18(21)25-4/h5-10,13-14,16H,11H2,1-4H3/t13-,14+/m0/s1. The Labute approximate surface area is 153 Å². The Kier molecular flexibility index (Phi) is 6.07. The summed E-state index contributed by atoms with van der Waals surface area (Å²) in [7, 11) is -1.32. The first-order valence-corrected chi connectivity index (χ1v) is 9.60. The molecule has 0 saturated carbocycles. The molecule has 142 valence electrons. The van der Waals surface area contributed by atoms with Crippen molar-refractivity contribution in [2.75, 3.05) is 14.2 Å². The van der Waals surface area contributed by atoms with Gasteiger partial charge in [0.2, 0.25) is 0 Å². The first-order valence-electron chi connectivity index (χ1n) is 8.16. The number of carbonyl (C=O) groups excluding carboxylic acids is 2. The highest BCUT2D eigenvalue weighted by Crippen LogP contribution is 2.31. The Morgan fingerprint density at radius 2 is 1.65 bits per heavy atom. The molecule has 0 saturated heterocycles. The molecule has 1 heterocycles. The largest absolute Gasteiger partial charge is 0.468 e. The van der Waals surface area contributed by atoms with Crippen LogP contribution < -0.4 is 0 Å². The summed E-state index contributed by atoms with van der Waals surface area (Å²) in [6, 6.07) is 6.15. The highest BCUT2D eigenvalue weighted by Gasteiger charge is 2.40. The highest BCUT2D eigenvalue weighted by atomic mass is 32.2. The molecule has 1 aliphatic heterocycles. The molecule has 0 fully saturated rings. The molecule has 7 nitrogen and oxygen atoms in total. The van der Waals surface area contributed by atoms with E-state index in [2.05, 4.69) is 0 Å². The molecule has 1 aliphatic rings. The maximum atomic E-state index is 12.9. The molecule has 2 atom stereocenters. The van der Waals surface area contributed by atoms with Gasteiger partial charge in [0.1, 0.15) is 0 Å². The van der Waals surface area contributed by atoms with E-state index in [0.717, 1.165) is 5.56 Å². The first-order chi connectivity index (χ1) is 12.2. The maximum Gasteiger partial charge on any atom is 0.320 e. The number of aryl methyl sites for hydroxylation is 1. The first kappa shape index (κ1) is 20.0. The number of ether oxygens (including phenoxy) is 2. The van der Waals surface area contributed by atoms with E-state index < -0.39 is 39.8 Å². The summed E-state index contributed by atoms with van der Waals surface area (Å²) in [6.07, 6.45) is 3.24. The highest BCUT2D eigenvalue weighted by molar-refractivity contribution is 7.89. The minimum absolute atomic E-state index is 0.190. The number of carbonyl (C=O) groups is 2. The lowest BCUT2D eigenvalue weighted by Gasteiger charge is -2.35. The van der Waals surface area contributed by atoms with Gasteiger partial charge in [-0.05, 0) is 32.4 Å². The zero-order valence-electron chi connectivity index (χ0n) is 15.2. The van der Waals surface area contributed by atoms with Crippen LogP contribution in [-0.4, -0.2) is 44.9 Å². The van der Waals surface area contributed by atoms with Gasteiger partial charge in [-0.15, -0.1) is 0 Å². The topological polar surface area (TPSA) is 90.0 Å². The van der Waals surface area contributed by atoms with E-state index in [1.54, 1.807) is 37.3 Å². The fraction of sp³-hybridized carbons (Fsp3) is 0.444. The molecule has 0 aliphatic carbocycles. The van der Waals surface area contributed by atoms with E-state index in [1.807, 2.05) is 6.92 Å². The number of methoxy groups -OCH3 is 2. The minimum atomic E-state index is -3.71. The second-order valence-electron chi connectivity index (χ2n) is 6.26. The Morgan fingerprint density at radius 1 is 1.12 bits per heavy atom. The molecule has 0 unspecified atom stereocenters. The van der Waals surface area contributed by atoms with Crippen molar-refractivity contribution >= 4 is 22.0 Å². The third-order valence-corrected chi connectivity index (χ3v) is 6.37. The number of esters is 2. The van der Waals surface area contributed by atoms with Crippen LogP contribution >= 0.6 is 0 Å². The molecule has 8 heteroatoms. The lowest BCUT2D eigenvalue weighted by molar-refractivity contribution is -0.161. The van der Waals surface area contributed by atoms with E-state index in [-0.39, 0.29) is 11.3 Å². The van der Waals surface area contributed by atoms with Crippen molar-refractivity contribution in [2.24, 2.45) is 11.8 Å². The molecule has 2 rings (SSSR count). The molecule has 26 heavy (non-hydrogen) atoms. The number of hydrogen-bond acceptors (Lipinski definition) is 6. The van der Waals surface area contributed by atoms with Gasteiger partial charge < -0.3 is 9.47 Å². The van der Waals surface area contributed by atoms with Crippen molar-refractivity contribution in [3.63, 3.8) is 0 Å². The number of benzene rings is 1. The van der Waals surface area contributed by atoms with Gasteiger partial charge in [-0.25, -0.2) is 8.42 Å². The summed E-state index contributed by atoms with van der Waals surface area (Å²) < 4.78 is 36.3. The molecular weight excluding hydrogens is 358 g/mol. The summed E-state index contributed by atoms with van der Waals surface area (Å²) in [5, 5.41) is 0. The predicted octanol–water partition coefficient (Wildman–Crippen LogP) is 1.87. The fourth-order valence-electron chi connectivity index (χ4n) is 3.01. The van der Waals surface area contributed by atoms with Gasteiger partial charge >= 0.3 is 11.9 Å². The van der Waals surface area contributed by atoms with Gasteiger partial charge in [-0.2, -0.15) is 0 Å². The maximum absolute atomic E-state index is 12.9. The number of hydrogen-bond donors (Lipinski definition) is 0. The summed E-state index contributed by atoms with van der Waals surface area (Å²) in [6.45, 7) is 3.61. The van der Waals surface area contributed by atoms with Crippen molar-refractivity contribution in [3.8, 4) is 0 Å². The number of rotatable bonds is 5. The zero-order valence-corrected chi connectivity index (χ0v) is 16.0. The SMILES string of the molecule is COC(=O)C(C(=O)OC)[C@@H]1C=CN(S(=O)(=O)c2ccc(C)cc2)[C@@H](C)C1. The summed E-state index contributed by atoms with van der Waals surface area (Å²) >= 11 is 0. The molecule has 1 aromatic carbocycles. The molecule has 0 bridgehead atoms. The number of allylic oxidation sites excluding steroid dienone is 1. The lowest BCUT2D eigenvalue weighted by Crippen LogP contribution is -2.42. The van der Waals surface area contributed by atoms with Crippen LogP contribution in [0.3, 0.4) is 0 Å². The van der Waals surface area contributed by atoms with Gasteiger partial charge in [-0.1, -0.05) is 23.8 Å². The molecule has 0 amide bonds. The normalized spacial score (nSPS) is 20.1. The molecule has 0 aromatic heterocycles. The smallest absolute Gasteiger partial charge is 0.320 e. The van der Waals surface area contributed by atoms with E-state index in [1.165, 1.54) is 24.7 Å². The molecule has 0 radical (unpaired) electrons. The summed E-state index contributed by atoms with van der Waals surface area (Å²) in [4.78, 5) is 24.1. The van der Waals surface area contributed by atoms with E-state index in [0.29, 0.717) is 0 Å². The molecule has 0 N–H and O–H groups in total. The van der Waals surface area contributed by atoms with Crippen LogP contribution in [0.4, 0.5) is 0 Å². The summed E-state index contributed by atoms with van der Waals surface area (Å²) in [5.41, 5.74) is 0.963. The Balaban J connectivity index is 2.31. The van der Waals surface area contributed by atoms with E-state index in [9.17, 15) is 18.0 Å². The third kappa shape index (κ3) is 3.90. The van der Waals surface area contributed by atoms with Crippen LogP contribution in [0.5, 0.6) is 0 Å². The molecule has 1 aromatic rings.